The van der Waals surface area contributed by atoms with Crippen molar-refractivity contribution in [1.82, 2.24) is 5.32 Å². The van der Waals surface area contributed by atoms with Crippen LogP contribution in [0.4, 0.5) is 0 Å². The van der Waals surface area contributed by atoms with E-state index in [2.05, 4.69) is 26.1 Å². The van der Waals surface area contributed by atoms with Gasteiger partial charge in [-0.05, 0) is 31.1 Å². The summed E-state index contributed by atoms with van der Waals surface area (Å²) in [6.07, 6.45) is 4.77. The van der Waals surface area contributed by atoms with Crippen molar-refractivity contribution in [2.24, 2.45) is 11.1 Å². The van der Waals surface area contributed by atoms with Gasteiger partial charge >= 0.3 is 0 Å². The van der Waals surface area contributed by atoms with Crippen LogP contribution in [0.3, 0.4) is 0 Å². The number of hydrogen-bond acceptors (Lipinski definition) is 2. The van der Waals surface area contributed by atoms with Crippen molar-refractivity contribution < 1.29 is 4.79 Å². The van der Waals surface area contributed by atoms with Gasteiger partial charge in [0, 0.05) is 18.5 Å². The standard InChI is InChI=1S/C12H24N2O.ClH/c1-12(2,3)8-11(15)14-10-6-4-9(13)5-7-10;/h9-10H,4-8,13H2,1-3H3,(H,14,15);1H. The van der Waals surface area contributed by atoms with Gasteiger partial charge in [0.2, 0.25) is 5.91 Å². The van der Waals surface area contributed by atoms with Crippen LogP contribution in [0.2, 0.25) is 0 Å². The Morgan fingerprint density at radius 3 is 2.19 bits per heavy atom. The number of nitrogens with one attached hydrogen (secondary N) is 1. The lowest BCUT2D eigenvalue weighted by molar-refractivity contribution is -0.123. The van der Waals surface area contributed by atoms with Crippen molar-refractivity contribution in [3.63, 3.8) is 0 Å². The zero-order valence-electron chi connectivity index (χ0n) is 10.6. The van der Waals surface area contributed by atoms with E-state index in [-0.39, 0.29) is 23.7 Å². The molecular formula is C12H25ClN2O. The molecule has 1 aliphatic carbocycles. The van der Waals surface area contributed by atoms with Gasteiger partial charge < -0.3 is 11.1 Å². The van der Waals surface area contributed by atoms with E-state index in [1.807, 2.05) is 0 Å². The maximum atomic E-state index is 11.7. The molecule has 16 heavy (non-hydrogen) atoms. The molecule has 0 spiro atoms. The molecule has 3 nitrogen and oxygen atoms in total. The van der Waals surface area contributed by atoms with Gasteiger partial charge in [-0.1, -0.05) is 20.8 Å². The Bertz CT molecular complexity index is 218. The molecule has 0 aromatic rings. The van der Waals surface area contributed by atoms with E-state index in [0.717, 1.165) is 25.7 Å². The highest BCUT2D eigenvalue weighted by Crippen LogP contribution is 2.20. The number of nitrogens with two attached hydrogens (primary N) is 1. The fraction of sp³-hybridized carbons (Fsp3) is 0.917. The minimum atomic E-state index is 0. The lowest BCUT2D eigenvalue weighted by Crippen LogP contribution is -2.41. The van der Waals surface area contributed by atoms with Crippen LogP contribution in [0.25, 0.3) is 0 Å². The lowest BCUT2D eigenvalue weighted by atomic mass is 9.89. The smallest absolute Gasteiger partial charge is 0.220 e. The average Bonchev–Trinajstić information content (AvgIpc) is 2.05. The second-order valence-corrected chi connectivity index (χ2v) is 5.92. The Morgan fingerprint density at radius 2 is 1.75 bits per heavy atom. The number of carbonyl (C=O) groups is 1. The molecule has 1 rings (SSSR count). The fourth-order valence-electron chi connectivity index (χ4n) is 2.02. The molecule has 1 amide bonds. The van der Waals surface area contributed by atoms with Crippen LogP contribution < -0.4 is 11.1 Å². The quantitative estimate of drug-likeness (QED) is 0.788. The van der Waals surface area contributed by atoms with E-state index in [1.165, 1.54) is 0 Å². The highest BCUT2D eigenvalue weighted by Gasteiger charge is 2.22. The minimum Gasteiger partial charge on any atom is -0.353 e. The summed E-state index contributed by atoms with van der Waals surface area (Å²) in [5.74, 6) is 0.183. The monoisotopic (exact) mass is 248 g/mol. The molecule has 4 heteroatoms. The summed E-state index contributed by atoms with van der Waals surface area (Å²) in [6.45, 7) is 6.26. The molecule has 0 atom stereocenters. The van der Waals surface area contributed by atoms with Gasteiger partial charge in [-0.3, -0.25) is 4.79 Å². The van der Waals surface area contributed by atoms with Crippen molar-refractivity contribution in [2.45, 2.75) is 65.0 Å². The Kier molecular flexibility index (Phi) is 6.34. The summed E-state index contributed by atoms with van der Waals surface area (Å²) >= 11 is 0. The van der Waals surface area contributed by atoms with E-state index in [1.54, 1.807) is 0 Å². The number of hydrogen-bond donors (Lipinski definition) is 2. The molecule has 0 unspecified atom stereocenters. The third-order valence-electron chi connectivity index (χ3n) is 2.83. The zero-order valence-corrected chi connectivity index (χ0v) is 11.4. The third kappa shape index (κ3) is 6.33. The van der Waals surface area contributed by atoms with E-state index in [4.69, 9.17) is 5.73 Å². The first-order valence-electron chi connectivity index (χ1n) is 5.92. The first-order valence-corrected chi connectivity index (χ1v) is 5.92. The summed E-state index contributed by atoms with van der Waals surface area (Å²) in [5, 5.41) is 3.10. The van der Waals surface area contributed by atoms with Crippen molar-refractivity contribution in [1.29, 1.82) is 0 Å². The highest BCUT2D eigenvalue weighted by molar-refractivity contribution is 5.85. The second-order valence-electron chi connectivity index (χ2n) is 5.92. The predicted octanol–water partition coefficient (Wildman–Crippen LogP) is 2.23. The molecule has 0 heterocycles. The van der Waals surface area contributed by atoms with E-state index in [9.17, 15) is 4.79 Å². The van der Waals surface area contributed by atoms with Crippen molar-refractivity contribution in [3.8, 4) is 0 Å². The molecule has 0 bridgehead atoms. The minimum absolute atomic E-state index is 0. The van der Waals surface area contributed by atoms with Crippen LogP contribution in [-0.2, 0) is 4.79 Å². The Labute approximate surface area is 105 Å². The number of carbonyl (C=O) groups excluding carboxylic acids is 1. The summed E-state index contributed by atoms with van der Waals surface area (Å²) in [4.78, 5) is 11.7. The van der Waals surface area contributed by atoms with Gasteiger partial charge in [-0.2, -0.15) is 0 Å². The van der Waals surface area contributed by atoms with Crippen LogP contribution >= 0.6 is 12.4 Å². The Morgan fingerprint density at radius 1 is 1.25 bits per heavy atom. The third-order valence-corrected chi connectivity index (χ3v) is 2.83. The van der Waals surface area contributed by atoms with Crippen molar-refractivity contribution >= 4 is 18.3 Å². The maximum absolute atomic E-state index is 11.7. The normalized spacial score (nSPS) is 25.8. The zero-order chi connectivity index (χ0) is 11.5. The number of rotatable bonds is 2. The van der Waals surface area contributed by atoms with E-state index in [0.29, 0.717) is 18.5 Å². The second kappa shape index (κ2) is 6.45. The molecular weight excluding hydrogens is 224 g/mol. The van der Waals surface area contributed by atoms with E-state index >= 15 is 0 Å². The van der Waals surface area contributed by atoms with Gasteiger partial charge in [-0.15, -0.1) is 12.4 Å². The molecule has 3 N–H and O–H groups in total. The number of amides is 1. The lowest BCUT2D eigenvalue weighted by Gasteiger charge is -2.28. The van der Waals surface area contributed by atoms with Crippen LogP contribution in [0.1, 0.15) is 52.9 Å². The molecule has 0 saturated heterocycles. The van der Waals surface area contributed by atoms with Gasteiger partial charge in [0.05, 0.1) is 0 Å². The molecule has 1 aliphatic rings. The summed E-state index contributed by atoms with van der Waals surface area (Å²) in [6, 6.07) is 0.709. The first-order chi connectivity index (χ1) is 6.87. The van der Waals surface area contributed by atoms with Crippen LogP contribution in [-0.4, -0.2) is 18.0 Å². The largest absolute Gasteiger partial charge is 0.353 e. The predicted molar refractivity (Wildman–Crippen MR) is 69.7 cm³/mol. The highest BCUT2D eigenvalue weighted by atomic mass is 35.5. The van der Waals surface area contributed by atoms with Crippen LogP contribution in [0.15, 0.2) is 0 Å². The molecule has 0 radical (unpaired) electrons. The van der Waals surface area contributed by atoms with Gasteiger partial charge in [0.25, 0.3) is 0 Å². The first kappa shape index (κ1) is 15.7. The Balaban J connectivity index is 0.00000225. The van der Waals surface area contributed by atoms with Crippen LogP contribution in [0, 0.1) is 5.41 Å². The molecule has 0 aliphatic heterocycles. The maximum Gasteiger partial charge on any atom is 0.220 e. The average molecular weight is 249 g/mol. The SMILES string of the molecule is CC(C)(C)CC(=O)NC1CCC(N)CC1.Cl. The summed E-state index contributed by atoms with van der Waals surface area (Å²) in [7, 11) is 0. The van der Waals surface area contributed by atoms with Crippen LogP contribution in [0.5, 0.6) is 0 Å². The molecule has 1 fully saturated rings. The van der Waals surface area contributed by atoms with Gasteiger partial charge in [0.1, 0.15) is 0 Å². The fourth-order valence-corrected chi connectivity index (χ4v) is 2.02. The Hall–Kier alpha value is -0.280. The topological polar surface area (TPSA) is 55.1 Å². The number of halogens is 1. The molecule has 0 aromatic carbocycles. The summed E-state index contributed by atoms with van der Waals surface area (Å²) < 4.78 is 0. The van der Waals surface area contributed by atoms with Gasteiger partial charge in [-0.25, -0.2) is 0 Å². The summed E-state index contributed by atoms with van der Waals surface area (Å²) in [5.41, 5.74) is 5.90. The van der Waals surface area contributed by atoms with Gasteiger partial charge in [0.15, 0.2) is 0 Å². The van der Waals surface area contributed by atoms with Crippen molar-refractivity contribution in [2.75, 3.05) is 0 Å². The van der Waals surface area contributed by atoms with E-state index < -0.39 is 0 Å². The van der Waals surface area contributed by atoms with Crippen molar-refractivity contribution in [3.05, 3.63) is 0 Å². The molecule has 96 valence electrons. The molecule has 1 saturated carbocycles. The molecule has 0 aromatic heterocycles.